The van der Waals surface area contributed by atoms with Gasteiger partial charge >= 0.3 is 0 Å². The highest BCUT2D eigenvalue weighted by Crippen LogP contribution is 2.44. The molecular weight excluding hydrogens is 422 g/mol. The summed E-state index contributed by atoms with van der Waals surface area (Å²) in [5.41, 5.74) is 2.59. The number of H-pyrrole nitrogens is 1. The van der Waals surface area contributed by atoms with Gasteiger partial charge in [0.05, 0.1) is 19.9 Å². The number of tetrazole rings is 1. The monoisotopic (exact) mass is 437 g/mol. The summed E-state index contributed by atoms with van der Waals surface area (Å²) in [6, 6.07) is 12.0. The maximum absolute atomic E-state index is 12.7. The molecular formula is C20H16ClN7O3. The van der Waals surface area contributed by atoms with Crippen molar-refractivity contribution in [2.75, 3.05) is 19.5 Å². The van der Waals surface area contributed by atoms with E-state index in [0.717, 1.165) is 11.1 Å². The lowest BCUT2D eigenvalue weighted by Gasteiger charge is -2.28. The van der Waals surface area contributed by atoms with E-state index in [1.54, 1.807) is 37.1 Å². The number of anilines is 2. The van der Waals surface area contributed by atoms with Crippen molar-refractivity contribution >= 4 is 23.2 Å². The van der Waals surface area contributed by atoms with E-state index in [2.05, 4.69) is 31.0 Å². The summed E-state index contributed by atoms with van der Waals surface area (Å²) in [6.45, 7) is 0. The second-order valence-electron chi connectivity index (χ2n) is 6.78. The summed E-state index contributed by atoms with van der Waals surface area (Å²) in [6.07, 6.45) is 0. The highest BCUT2D eigenvalue weighted by atomic mass is 35.5. The van der Waals surface area contributed by atoms with Crippen LogP contribution in [-0.2, 0) is 0 Å². The Morgan fingerprint density at radius 3 is 2.65 bits per heavy atom. The number of hydrogen-bond acceptors (Lipinski definition) is 8. The second-order valence-corrected chi connectivity index (χ2v) is 7.22. The van der Waals surface area contributed by atoms with Crippen LogP contribution in [0.5, 0.6) is 11.5 Å². The SMILES string of the molecule is COc1ccc(C2c3c(-c4ccc(Cl)cc4)n[nH]c(=O)c3Nc3nnnn32)c(OC)c1. The van der Waals surface area contributed by atoms with Crippen LogP contribution in [0, 0.1) is 0 Å². The van der Waals surface area contributed by atoms with Gasteiger partial charge in [-0.2, -0.15) is 9.78 Å². The van der Waals surface area contributed by atoms with Crippen molar-refractivity contribution in [2.45, 2.75) is 6.04 Å². The number of benzene rings is 2. The number of aromatic amines is 1. The summed E-state index contributed by atoms with van der Waals surface area (Å²) in [5.74, 6) is 1.52. The minimum absolute atomic E-state index is 0.310. The molecule has 0 spiro atoms. The maximum atomic E-state index is 12.7. The van der Waals surface area contributed by atoms with Crippen LogP contribution >= 0.6 is 11.6 Å². The first-order valence-electron chi connectivity index (χ1n) is 9.26. The van der Waals surface area contributed by atoms with Gasteiger partial charge < -0.3 is 14.8 Å². The Morgan fingerprint density at radius 2 is 1.90 bits per heavy atom. The van der Waals surface area contributed by atoms with E-state index in [4.69, 9.17) is 21.1 Å². The molecule has 31 heavy (non-hydrogen) atoms. The minimum atomic E-state index is -0.581. The van der Waals surface area contributed by atoms with Crippen molar-refractivity contribution in [3.63, 3.8) is 0 Å². The Morgan fingerprint density at radius 1 is 1.10 bits per heavy atom. The van der Waals surface area contributed by atoms with Crippen molar-refractivity contribution in [1.29, 1.82) is 0 Å². The van der Waals surface area contributed by atoms with Crippen molar-refractivity contribution in [3.8, 4) is 22.8 Å². The number of nitrogens with one attached hydrogen (secondary N) is 2. The fourth-order valence-corrected chi connectivity index (χ4v) is 3.82. The van der Waals surface area contributed by atoms with Crippen LogP contribution in [0.15, 0.2) is 47.3 Å². The lowest BCUT2D eigenvalue weighted by atomic mass is 9.92. The molecule has 1 unspecified atom stereocenters. The normalized spacial score (nSPS) is 14.4. The Kier molecular flexibility index (Phi) is 4.55. The third-order valence-electron chi connectivity index (χ3n) is 5.12. The third kappa shape index (κ3) is 3.08. The van der Waals surface area contributed by atoms with Gasteiger partial charge in [-0.05, 0) is 34.7 Å². The van der Waals surface area contributed by atoms with E-state index < -0.39 is 6.04 Å². The van der Waals surface area contributed by atoms with Gasteiger partial charge in [0.2, 0.25) is 5.95 Å². The van der Waals surface area contributed by atoms with Gasteiger partial charge in [-0.3, -0.25) is 4.79 Å². The first kappa shape index (κ1) is 19.1. The fraction of sp³-hybridized carbons (Fsp3) is 0.150. The van der Waals surface area contributed by atoms with Crippen LogP contribution in [0.25, 0.3) is 11.3 Å². The summed E-state index contributed by atoms with van der Waals surface area (Å²) in [4.78, 5) is 12.7. The molecule has 0 amide bonds. The van der Waals surface area contributed by atoms with E-state index in [1.165, 1.54) is 0 Å². The molecule has 0 aliphatic carbocycles. The predicted molar refractivity (Wildman–Crippen MR) is 113 cm³/mol. The van der Waals surface area contributed by atoms with E-state index >= 15 is 0 Å². The third-order valence-corrected chi connectivity index (χ3v) is 5.37. The number of rotatable bonds is 4. The Labute approximate surface area is 180 Å². The van der Waals surface area contributed by atoms with Crippen molar-refractivity contribution in [3.05, 3.63) is 69.0 Å². The van der Waals surface area contributed by atoms with Gasteiger partial charge in [0.25, 0.3) is 5.56 Å². The van der Waals surface area contributed by atoms with Crippen molar-refractivity contribution in [2.24, 2.45) is 0 Å². The summed E-state index contributed by atoms with van der Waals surface area (Å²) >= 11 is 6.06. The molecule has 0 fully saturated rings. The van der Waals surface area contributed by atoms with Crippen LogP contribution < -0.4 is 20.3 Å². The van der Waals surface area contributed by atoms with E-state index in [0.29, 0.717) is 39.4 Å². The molecule has 0 saturated carbocycles. The average Bonchev–Trinajstić information content (AvgIpc) is 3.27. The molecule has 5 rings (SSSR count). The molecule has 4 aromatic rings. The molecule has 2 N–H and O–H groups in total. The van der Waals surface area contributed by atoms with Crippen LogP contribution in [0.1, 0.15) is 17.2 Å². The van der Waals surface area contributed by atoms with Gasteiger partial charge in [-0.25, -0.2) is 5.10 Å². The number of hydrogen-bond donors (Lipinski definition) is 2. The molecule has 156 valence electrons. The first-order valence-corrected chi connectivity index (χ1v) is 9.64. The smallest absolute Gasteiger partial charge is 0.288 e. The minimum Gasteiger partial charge on any atom is -0.497 e. The summed E-state index contributed by atoms with van der Waals surface area (Å²) < 4.78 is 12.6. The molecule has 3 heterocycles. The Hall–Kier alpha value is -3.92. The van der Waals surface area contributed by atoms with E-state index in [-0.39, 0.29) is 5.56 Å². The van der Waals surface area contributed by atoms with E-state index in [9.17, 15) is 4.79 Å². The maximum Gasteiger partial charge on any atom is 0.288 e. The number of nitrogens with zero attached hydrogens (tertiary/aromatic N) is 5. The highest BCUT2D eigenvalue weighted by molar-refractivity contribution is 6.30. The summed E-state index contributed by atoms with van der Waals surface area (Å²) in [7, 11) is 3.15. The zero-order valence-corrected chi connectivity index (χ0v) is 17.2. The van der Waals surface area contributed by atoms with Gasteiger partial charge in [0.15, 0.2) is 0 Å². The molecule has 0 saturated heterocycles. The van der Waals surface area contributed by atoms with Crippen molar-refractivity contribution in [1.82, 2.24) is 30.4 Å². The fourth-order valence-electron chi connectivity index (χ4n) is 3.70. The molecule has 0 radical (unpaired) electrons. The number of methoxy groups -OCH3 is 2. The van der Waals surface area contributed by atoms with Crippen LogP contribution in [-0.4, -0.2) is 44.6 Å². The van der Waals surface area contributed by atoms with Crippen LogP contribution in [0.4, 0.5) is 11.6 Å². The highest BCUT2D eigenvalue weighted by Gasteiger charge is 2.36. The molecule has 11 heteroatoms. The van der Waals surface area contributed by atoms with Crippen LogP contribution in [0.3, 0.4) is 0 Å². The molecule has 2 aromatic heterocycles. The largest absolute Gasteiger partial charge is 0.497 e. The Bertz CT molecular complexity index is 1330. The van der Waals surface area contributed by atoms with Gasteiger partial charge in [-0.1, -0.05) is 28.8 Å². The second kappa shape index (κ2) is 7.40. The number of aromatic nitrogens is 6. The standard InChI is InChI=1S/C20H16ClN7O3/c1-30-12-7-8-13(14(9-12)31-2)18-15-16(10-3-5-11(21)6-4-10)23-24-19(29)17(15)22-20-25-26-27-28(18)20/h3-9,18H,1-2H3,(H,24,29)(H,22,25,27). The topological polar surface area (TPSA) is 120 Å². The van der Waals surface area contributed by atoms with E-state index in [1.807, 2.05) is 24.3 Å². The quantitative estimate of drug-likeness (QED) is 0.440. The zero-order valence-electron chi connectivity index (χ0n) is 16.5. The predicted octanol–water partition coefficient (Wildman–Crippen LogP) is 2.79. The first-order chi connectivity index (χ1) is 15.1. The number of ether oxygens (including phenoxy) is 2. The zero-order chi connectivity index (χ0) is 21.5. The molecule has 0 bridgehead atoms. The van der Waals surface area contributed by atoms with Crippen molar-refractivity contribution < 1.29 is 9.47 Å². The van der Waals surface area contributed by atoms with Gasteiger partial charge in [0, 0.05) is 27.8 Å². The molecule has 10 nitrogen and oxygen atoms in total. The van der Waals surface area contributed by atoms with Gasteiger partial charge in [0.1, 0.15) is 23.2 Å². The summed E-state index contributed by atoms with van der Waals surface area (Å²) in [5, 5.41) is 22.5. The molecule has 1 aliphatic heterocycles. The van der Waals surface area contributed by atoms with Gasteiger partial charge in [-0.15, -0.1) is 0 Å². The number of halogens is 1. The lowest BCUT2D eigenvalue weighted by molar-refractivity contribution is 0.386. The average molecular weight is 438 g/mol. The molecule has 2 aromatic carbocycles. The Balaban J connectivity index is 1.82. The molecule has 1 atom stereocenters. The number of fused-ring (bicyclic) bond motifs is 2. The lowest BCUT2D eigenvalue weighted by Crippen LogP contribution is -2.29. The molecule has 1 aliphatic rings. The van der Waals surface area contributed by atoms with Crippen LogP contribution in [0.2, 0.25) is 5.02 Å².